The molecule has 5 nitrogen and oxygen atoms in total. The Morgan fingerprint density at radius 1 is 1.30 bits per heavy atom. The summed E-state index contributed by atoms with van der Waals surface area (Å²) >= 11 is 6.37. The first-order chi connectivity index (χ1) is 12.1. The topological polar surface area (TPSA) is 48.0 Å². The normalized spacial score (nSPS) is 22.1. The maximum absolute atomic E-state index is 14.9. The van der Waals surface area contributed by atoms with Crippen molar-refractivity contribution in [3.05, 3.63) is 29.1 Å². The quantitative estimate of drug-likeness (QED) is 0.570. The molecule has 0 N–H and O–H groups in total. The number of halogens is 2. The van der Waals surface area contributed by atoms with Gasteiger partial charge in [-0.1, -0.05) is 17.7 Å². The fourth-order valence-electron chi connectivity index (χ4n) is 2.75. The van der Waals surface area contributed by atoms with Gasteiger partial charge < -0.3 is 18.9 Å². The standard InChI is InChI=1S/C19H28BClFNO4/c1-12-9-13(11-23(8)16(24)25-17(2,3)4)10-14(22)15(12)20-26-18(5,6)19(7,21)27-20/h9-10H,11H2,1-8H3. The van der Waals surface area contributed by atoms with Gasteiger partial charge in [-0.2, -0.15) is 0 Å². The van der Waals surface area contributed by atoms with Crippen molar-refractivity contribution in [1.29, 1.82) is 0 Å². The van der Waals surface area contributed by atoms with Crippen molar-refractivity contribution in [3.8, 4) is 0 Å². The molecule has 0 radical (unpaired) electrons. The van der Waals surface area contributed by atoms with Gasteiger partial charge in [0.25, 0.3) is 0 Å². The fraction of sp³-hybridized carbons (Fsp3) is 0.632. The molecule has 0 saturated carbocycles. The van der Waals surface area contributed by atoms with Crippen LogP contribution in [0.15, 0.2) is 12.1 Å². The summed E-state index contributed by atoms with van der Waals surface area (Å²) in [5.74, 6) is -0.460. The number of hydrogen-bond donors (Lipinski definition) is 0. The summed E-state index contributed by atoms with van der Waals surface area (Å²) in [7, 11) is 0.722. The van der Waals surface area contributed by atoms with Crippen molar-refractivity contribution in [3.63, 3.8) is 0 Å². The monoisotopic (exact) mass is 399 g/mol. The second-order valence-electron chi connectivity index (χ2n) is 8.64. The SMILES string of the molecule is Cc1cc(CN(C)C(=O)OC(C)(C)C)cc(F)c1B1OC(C)(C)C(C)(Cl)O1. The average molecular weight is 400 g/mol. The maximum atomic E-state index is 14.9. The molecule has 0 spiro atoms. The third-order valence-corrected chi connectivity index (χ3v) is 5.11. The van der Waals surface area contributed by atoms with Crippen molar-refractivity contribution in [2.45, 2.75) is 71.3 Å². The van der Waals surface area contributed by atoms with E-state index in [4.69, 9.17) is 25.6 Å². The largest absolute Gasteiger partial charge is 0.499 e. The van der Waals surface area contributed by atoms with Crippen LogP contribution >= 0.6 is 11.6 Å². The molecule has 0 aromatic heterocycles. The van der Waals surface area contributed by atoms with Crippen LogP contribution in [0.25, 0.3) is 0 Å². The zero-order chi connectivity index (χ0) is 20.8. The minimum atomic E-state index is -1.06. The van der Waals surface area contributed by atoms with Gasteiger partial charge in [0, 0.05) is 19.1 Å². The Kier molecular flexibility index (Phi) is 5.91. The zero-order valence-electron chi connectivity index (χ0n) is 17.3. The Balaban J connectivity index is 2.19. The van der Waals surface area contributed by atoms with Crippen LogP contribution in [0.4, 0.5) is 9.18 Å². The van der Waals surface area contributed by atoms with E-state index in [2.05, 4.69) is 0 Å². The molecule has 2 rings (SSSR count). The van der Waals surface area contributed by atoms with E-state index in [1.807, 2.05) is 6.07 Å². The van der Waals surface area contributed by atoms with Gasteiger partial charge in [0.1, 0.15) is 11.4 Å². The maximum Gasteiger partial charge on any atom is 0.499 e. The number of carbonyl (C=O) groups is 1. The van der Waals surface area contributed by atoms with Crippen molar-refractivity contribution >= 4 is 30.3 Å². The lowest BCUT2D eigenvalue weighted by Gasteiger charge is -2.29. The predicted molar refractivity (Wildman–Crippen MR) is 105 cm³/mol. The molecule has 0 aliphatic carbocycles. The predicted octanol–water partition coefficient (Wildman–Crippen LogP) is 3.98. The van der Waals surface area contributed by atoms with Crippen LogP contribution in [-0.4, -0.2) is 41.4 Å². The summed E-state index contributed by atoms with van der Waals surface area (Å²) in [6.45, 7) is 12.7. The summed E-state index contributed by atoms with van der Waals surface area (Å²) < 4.78 is 31.8. The van der Waals surface area contributed by atoms with Gasteiger partial charge in [-0.15, -0.1) is 0 Å². The van der Waals surface area contributed by atoms with E-state index >= 15 is 0 Å². The number of carbonyl (C=O) groups excluding carboxylic acids is 1. The van der Waals surface area contributed by atoms with Gasteiger partial charge >= 0.3 is 13.2 Å². The molecule has 1 aromatic carbocycles. The highest BCUT2D eigenvalue weighted by molar-refractivity contribution is 6.63. The molecule has 0 bridgehead atoms. The third kappa shape index (κ3) is 4.95. The van der Waals surface area contributed by atoms with E-state index < -0.39 is 35.3 Å². The van der Waals surface area contributed by atoms with Crippen LogP contribution in [0.3, 0.4) is 0 Å². The highest BCUT2D eigenvalue weighted by Gasteiger charge is 2.54. The molecule has 1 aromatic rings. The molecule has 27 heavy (non-hydrogen) atoms. The second kappa shape index (κ2) is 7.26. The van der Waals surface area contributed by atoms with Crippen LogP contribution in [-0.2, 0) is 20.6 Å². The minimum absolute atomic E-state index is 0.220. The lowest BCUT2D eigenvalue weighted by Crippen LogP contribution is -2.39. The number of hydrogen-bond acceptors (Lipinski definition) is 4. The Morgan fingerprint density at radius 3 is 2.33 bits per heavy atom. The van der Waals surface area contributed by atoms with E-state index in [-0.39, 0.29) is 6.54 Å². The Hall–Kier alpha value is -1.31. The number of aryl methyl sites for hydroxylation is 1. The molecule has 1 unspecified atom stereocenters. The van der Waals surface area contributed by atoms with Crippen molar-refractivity contribution in [1.82, 2.24) is 4.90 Å². The molecule has 8 heteroatoms. The third-order valence-electron chi connectivity index (χ3n) is 4.56. The summed E-state index contributed by atoms with van der Waals surface area (Å²) in [6, 6.07) is 3.19. The first kappa shape index (κ1) is 22.0. The first-order valence-corrected chi connectivity index (χ1v) is 9.28. The number of amides is 1. The van der Waals surface area contributed by atoms with Gasteiger partial charge in [-0.05, 0) is 65.7 Å². The summed E-state index contributed by atoms with van der Waals surface area (Å²) in [5, 5.41) is -1.06. The lowest BCUT2D eigenvalue weighted by molar-refractivity contribution is 0.0285. The summed E-state index contributed by atoms with van der Waals surface area (Å²) in [6.07, 6.45) is -0.466. The molecule has 1 aliphatic rings. The molecular weight excluding hydrogens is 371 g/mol. The van der Waals surface area contributed by atoms with Crippen LogP contribution in [0.1, 0.15) is 52.7 Å². The van der Waals surface area contributed by atoms with Crippen molar-refractivity contribution in [2.75, 3.05) is 7.05 Å². The van der Waals surface area contributed by atoms with Gasteiger partial charge in [-0.25, -0.2) is 9.18 Å². The Morgan fingerprint density at radius 2 is 1.89 bits per heavy atom. The number of alkyl halides is 1. The van der Waals surface area contributed by atoms with E-state index in [0.29, 0.717) is 16.6 Å². The van der Waals surface area contributed by atoms with E-state index in [0.717, 1.165) is 0 Å². The molecule has 1 amide bonds. The fourth-order valence-corrected chi connectivity index (χ4v) is 2.88. The minimum Gasteiger partial charge on any atom is -0.444 e. The molecule has 1 aliphatic heterocycles. The second-order valence-corrected chi connectivity index (χ2v) is 9.36. The number of benzene rings is 1. The smallest absolute Gasteiger partial charge is 0.444 e. The summed E-state index contributed by atoms with van der Waals surface area (Å²) in [5.41, 5.74) is 0.268. The van der Waals surface area contributed by atoms with Gasteiger partial charge in [-0.3, -0.25) is 0 Å². The van der Waals surface area contributed by atoms with Crippen LogP contribution in [0.5, 0.6) is 0 Å². The molecule has 1 saturated heterocycles. The lowest BCUT2D eigenvalue weighted by atomic mass is 9.75. The Bertz CT molecular complexity index is 694. The molecule has 1 fully saturated rings. The molecular formula is C19H28BClFNO4. The van der Waals surface area contributed by atoms with Gasteiger partial charge in [0.15, 0.2) is 5.06 Å². The Labute approximate surface area is 166 Å². The van der Waals surface area contributed by atoms with E-state index in [1.54, 1.807) is 55.5 Å². The molecule has 1 atom stereocenters. The number of ether oxygens (including phenoxy) is 1. The van der Waals surface area contributed by atoms with Gasteiger partial charge in [0.05, 0.1) is 5.60 Å². The number of rotatable bonds is 3. The van der Waals surface area contributed by atoms with Crippen molar-refractivity contribution in [2.24, 2.45) is 0 Å². The van der Waals surface area contributed by atoms with Gasteiger partial charge in [0.2, 0.25) is 0 Å². The first-order valence-electron chi connectivity index (χ1n) is 8.90. The van der Waals surface area contributed by atoms with Crippen molar-refractivity contribution < 1.29 is 23.2 Å². The van der Waals surface area contributed by atoms with Crippen LogP contribution in [0.2, 0.25) is 0 Å². The van der Waals surface area contributed by atoms with E-state index in [1.165, 1.54) is 11.0 Å². The summed E-state index contributed by atoms with van der Waals surface area (Å²) in [4.78, 5) is 13.5. The van der Waals surface area contributed by atoms with Crippen LogP contribution < -0.4 is 5.46 Å². The molecule has 1 heterocycles. The average Bonchev–Trinajstić information content (AvgIpc) is 2.64. The van der Waals surface area contributed by atoms with Crippen LogP contribution in [0, 0.1) is 12.7 Å². The number of nitrogens with zero attached hydrogens (tertiary/aromatic N) is 1. The molecule has 150 valence electrons. The highest BCUT2D eigenvalue weighted by atomic mass is 35.5. The zero-order valence-corrected chi connectivity index (χ0v) is 18.0. The van der Waals surface area contributed by atoms with E-state index in [9.17, 15) is 9.18 Å². The highest BCUT2D eigenvalue weighted by Crippen LogP contribution is 2.40.